The predicted molar refractivity (Wildman–Crippen MR) is 205 cm³/mol. The van der Waals surface area contributed by atoms with Gasteiger partial charge in [0.05, 0.1) is 11.8 Å². The third-order valence-corrected chi connectivity index (χ3v) is 13.0. The van der Waals surface area contributed by atoms with Crippen LogP contribution in [-0.2, 0) is 43.1 Å². The number of carbonyl (C=O) groups is 1. The van der Waals surface area contributed by atoms with Gasteiger partial charge in [-0.05, 0) is 83.3 Å². The maximum atomic E-state index is 14.3. The van der Waals surface area contributed by atoms with Crippen LogP contribution in [-0.4, -0.2) is 67.7 Å². The van der Waals surface area contributed by atoms with E-state index >= 15 is 0 Å². The molecule has 1 fully saturated rings. The molecule has 0 saturated carbocycles. The fourth-order valence-corrected chi connectivity index (χ4v) is 10.0. The highest BCUT2D eigenvalue weighted by atomic mass is 32.2. The Hall–Kier alpha value is -5.17. The lowest BCUT2D eigenvalue weighted by molar-refractivity contribution is -0.134. The lowest BCUT2D eigenvalue weighted by Gasteiger charge is -2.35. The number of nitrogens with zero attached hydrogens (tertiary/aromatic N) is 3. The zero-order valence-electron chi connectivity index (χ0n) is 29.0. The molecule has 1 saturated heterocycles. The maximum absolute atomic E-state index is 14.3. The van der Waals surface area contributed by atoms with Crippen molar-refractivity contribution in [3.63, 3.8) is 0 Å². The van der Waals surface area contributed by atoms with Gasteiger partial charge in [-0.1, -0.05) is 84.9 Å². The van der Waals surface area contributed by atoms with Crippen molar-refractivity contribution < 1.29 is 26.7 Å². The molecule has 2 N–H and O–H groups in total. The first kappa shape index (κ1) is 36.2. The quantitative estimate of drug-likeness (QED) is 0.157. The van der Waals surface area contributed by atoms with E-state index in [1.807, 2.05) is 42.5 Å². The summed E-state index contributed by atoms with van der Waals surface area (Å²) in [6.07, 6.45) is 5.39. The highest BCUT2D eigenvalue weighted by Crippen LogP contribution is 2.29. The fourth-order valence-electron chi connectivity index (χ4n) is 7.17. The van der Waals surface area contributed by atoms with Gasteiger partial charge in [0, 0.05) is 36.3 Å². The van der Waals surface area contributed by atoms with Crippen LogP contribution in [0.3, 0.4) is 0 Å². The summed E-state index contributed by atoms with van der Waals surface area (Å²) >= 11 is 0. The molecule has 1 atom stereocenters. The molecular formula is C41H40N4O6S2. The molecule has 12 heteroatoms. The second kappa shape index (κ2) is 15.4. The molecule has 10 nitrogen and oxygen atoms in total. The van der Waals surface area contributed by atoms with Gasteiger partial charge in [0.25, 0.3) is 0 Å². The molecule has 0 radical (unpaired) electrons. The molecule has 0 aliphatic carbocycles. The number of phenols is 1. The van der Waals surface area contributed by atoms with Crippen molar-refractivity contribution in [3.05, 3.63) is 138 Å². The first-order chi connectivity index (χ1) is 25.6. The molecule has 3 heterocycles. The zero-order valence-corrected chi connectivity index (χ0v) is 30.6. The van der Waals surface area contributed by atoms with E-state index in [-0.39, 0.29) is 28.1 Å². The Balaban J connectivity index is 1.16. The van der Waals surface area contributed by atoms with Crippen LogP contribution in [0.5, 0.6) is 5.75 Å². The number of amides is 1. The second-order valence-corrected chi connectivity index (χ2v) is 17.4. The van der Waals surface area contributed by atoms with E-state index in [2.05, 4.69) is 27.4 Å². The van der Waals surface area contributed by atoms with Crippen LogP contribution >= 0.6 is 0 Å². The summed E-state index contributed by atoms with van der Waals surface area (Å²) < 4.78 is 55.4. The van der Waals surface area contributed by atoms with E-state index in [4.69, 9.17) is 0 Å². The van der Waals surface area contributed by atoms with Crippen LogP contribution in [0.1, 0.15) is 29.5 Å². The topological polar surface area (TPSA) is 147 Å². The zero-order chi connectivity index (χ0) is 37.0. The van der Waals surface area contributed by atoms with Crippen molar-refractivity contribution in [1.29, 1.82) is 0 Å². The van der Waals surface area contributed by atoms with Gasteiger partial charge < -0.3 is 10.0 Å². The Morgan fingerprint density at radius 2 is 1.32 bits per heavy atom. The van der Waals surface area contributed by atoms with Gasteiger partial charge >= 0.3 is 0 Å². The molecule has 4 aromatic carbocycles. The number of hydrogen-bond acceptors (Lipinski definition) is 9. The Morgan fingerprint density at radius 1 is 0.736 bits per heavy atom. The van der Waals surface area contributed by atoms with Crippen LogP contribution < -0.4 is 5.32 Å². The van der Waals surface area contributed by atoms with E-state index in [1.165, 1.54) is 30.1 Å². The largest absolute Gasteiger partial charge is 0.508 e. The minimum atomic E-state index is -4.02. The van der Waals surface area contributed by atoms with Gasteiger partial charge in [0.2, 0.25) is 15.7 Å². The van der Waals surface area contributed by atoms with E-state index in [9.17, 15) is 26.7 Å². The molecular weight excluding hydrogens is 709 g/mol. The van der Waals surface area contributed by atoms with Crippen molar-refractivity contribution >= 4 is 47.1 Å². The number of aromatic nitrogens is 2. The number of piperidine rings is 1. The summed E-state index contributed by atoms with van der Waals surface area (Å²) in [4.78, 5) is 24.5. The normalized spacial score (nSPS) is 14.8. The minimum absolute atomic E-state index is 0.0185. The van der Waals surface area contributed by atoms with Crippen molar-refractivity contribution in [2.24, 2.45) is 5.92 Å². The summed E-state index contributed by atoms with van der Waals surface area (Å²) in [5.74, 6) is -1.06. The summed E-state index contributed by atoms with van der Waals surface area (Å²) in [5.41, 5.74) is 2.02. The van der Waals surface area contributed by atoms with Gasteiger partial charge in [-0.25, -0.2) is 26.8 Å². The monoisotopic (exact) mass is 748 g/mol. The number of benzene rings is 4. The maximum Gasteiger partial charge on any atom is 0.240 e. The van der Waals surface area contributed by atoms with Crippen molar-refractivity contribution in [1.82, 2.24) is 20.2 Å². The number of sulfone groups is 2. The number of rotatable bonds is 12. The molecule has 2 aromatic heterocycles. The van der Waals surface area contributed by atoms with Crippen LogP contribution in [0.25, 0.3) is 21.5 Å². The second-order valence-electron chi connectivity index (χ2n) is 13.6. The molecule has 272 valence electrons. The highest BCUT2D eigenvalue weighted by Gasteiger charge is 2.32. The van der Waals surface area contributed by atoms with Crippen LogP contribution in [0.4, 0.5) is 0 Å². The van der Waals surface area contributed by atoms with Gasteiger partial charge in [-0.2, -0.15) is 0 Å². The van der Waals surface area contributed by atoms with Gasteiger partial charge in [-0.15, -0.1) is 0 Å². The SMILES string of the molecule is O=C(C(Cc1ccc(O)cc1CS(=O)(=O)c1nccc2ccccc12)NCS(=O)(=O)c1nccc2ccccc12)N1CCC(Cc2ccccc2)CC1. The summed E-state index contributed by atoms with van der Waals surface area (Å²) in [6, 6.07) is 31.3. The Bertz CT molecular complexity index is 2480. The molecule has 1 unspecified atom stereocenters. The van der Waals surface area contributed by atoms with Crippen LogP contribution in [0.2, 0.25) is 0 Å². The standard InChI is InChI=1S/C41H40N4O6S2/c46-35-15-14-33(34(25-35)27-52(48,49)39-36-12-6-4-10-31(36)16-20-42-39)26-38(41(47)45-22-18-30(19-23-45)24-29-8-2-1-3-9-29)44-28-53(50,51)40-37-13-7-5-11-32(37)17-21-43-40/h1-17,20-21,25,30,38,44,46H,18-19,22-24,26-28H2. The van der Waals surface area contributed by atoms with Crippen LogP contribution in [0.15, 0.2) is 132 Å². The number of hydrogen-bond donors (Lipinski definition) is 2. The highest BCUT2D eigenvalue weighted by molar-refractivity contribution is 7.91. The lowest BCUT2D eigenvalue weighted by atomic mass is 9.89. The van der Waals surface area contributed by atoms with E-state index in [0.29, 0.717) is 40.9 Å². The molecule has 7 rings (SSSR count). The summed E-state index contributed by atoms with van der Waals surface area (Å²) in [5, 5.41) is 15.8. The number of pyridine rings is 2. The lowest BCUT2D eigenvalue weighted by Crippen LogP contribution is -2.51. The van der Waals surface area contributed by atoms with Gasteiger partial charge in [0.1, 0.15) is 11.6 Å². The summed E-state index contributed by atoms with van der Waals surface area (Å²) in [6.45, 7) is 1.02. The van der Waals surface area contributed by atoms with E-state index in [1.54, 1.807) is 47.4 Å². The Labute approximate surface area is 309 Å². The van der Waals surface area contributed by atoms with Gasteiger partial charge in [0.15, 0.2) is 19.9 Å². The molecule has 1 amide bonds. The minimum Gasteiger partial charge on any atom is -0.508 e. The fraction of sp³-hybridized carbons (Fsp3) is 0.244. The van der Waals surface area contributed by atoms with Crippen molar-refractivity contribution in [2.75, 3.05) is 19.0 Å². The smallest absolute Gasteiger partial charge is 0.240 e. The molecule has 0 spiro atoms. The third-order valence-electron chi connectivity index (χ3n) is 9.93. The first-order valence-corrected chi connectivity index (χ1v) is 20.9. The van der Waals surface area contributed by atoms with Crippen LogP contribution in [0, 0.1) is 5.92 Å². The number of carbonyl (C=O) groups excluding carboxylic acids is 1. The number of nitrogens with one attached hydrogen (secondary N) is 1. The van der Waals surface area contributed by atoms with E-state index < -0.39 is 37.3 Å². The van der Waals surface area contributed by atoms with Crippen molar-refractivity contribution in [3.8, 4) is 5.75 Å². The predicted octanol–water partition coefficient (Wildman–Crippen LogP) is 5.88. The van der Waals surface area contributed by atoms with E-state index in [0.717, 1.165) is 30.0 Å². The Morgan fingerprint density at radius 3 is 1.96 bits per heavy atom. The first-order valence-electron chi connectivity index (χ1n) is 17.6. The molecule has 1 aliphatic heterocycles. The average molecular weight is 749 g/mol. The number of likely N-dealkylation sites (tertiary alicyclic amines) is 1. The van der Waals surface area contributed by atoms with Crippen molar-refractivity contribution in [2.45, 2.75) is 47.5 Å². The molecule has 1 aliphatic rings. The third kappa shape index (κ3) is 8.25. The van der Waals surface area contributed by atoms with Gasteiger partial charge in [-0.3, -0.25) is 10.1 Å². The molecule has 53 heavy (non-hydrogen) atoms. The number of aromatic hydroxyl groups is 1. The number of fused-ring (bicyclic) bond motifs is 2. The number of phenolic OH excluding ortho intramolecular Hbond substituents is 1. The molecule has 6 aromatic rings. The Kier molecular flexibility index (Phi) is 10.5. The molecule has 0 bridgehead atoms. The average Bonchev–Trinajstić information content (AvgIpc) is 3.17. The summed E-state index contributed by atoms with van der Waals surface area (Å²) in [7, 11) is -8.04.